The number of hydrogen-bond acceptors (Lipinski definition) is 7. The van der Waals surface area contributed by atoms with Crippen molar-refractivity contribution in [3.63, 3.8) is 0 Å². The maximum Gasteiger partial charge on any atom is 0.283 e. The second kappa shape index (κ2) is 10.9. The Balaban J connectivity index is 1.24. The molecule has 6 rings (SSSR count). The van der Waals surface area contributed by atoms with E-state index >= 15 is 0 Å². The highest BCUT2D eigenvalue weighted by atomic mass is 32.2. The molecule has 2 aliphatic heterocycles. The van der Waals surface area contributed by atoms with E-state index in [1.807, 2.05) is 38.1 Å². The number of rotatable bonds is 7. The zero-order chi connectivity index (χ0) is 28.5. The van der Waals surface area contributed by atoms with Gasteiger partial charge in [-0.05, 0) is 91.7 Å². The van der Waals surface area contributed by atoms with E-state index in [0.29, 0.717) is 28.4 Å². The van der Waals surface area contributed by atoms with Crippen LogP contribution in [0.15, 0.2) is 106 Å². The van der Waals surface area contributed by atoms with Crippen LogP contribution in [0.1, 0.15) is 21.5 Å². The Morgan fingerprint density at radius 3 is 2.27 bits per heavy atom. The van der Waals surface area contributed by atoms with Gasteiger partial charge >= 0.3 is 0 Å². The summed E-state index contributed by atoms with van der Waals surface area (Å²) in [5, 5.41) is 6.07. The molecule has 4 aromatic rings. The van der Waals surface area contributed by atoms with Crippen LogP contribution in [0.5, 0.6) is 11.5 Å². The normalized spacial score (nSPS) is 14.0. The van der Waals surface area contributed by atoms with Crippen molar-refractivity contribution >= 4 is 46.5 Å². The van der Waals surface area contributed by atoms with Crippen molar-refractivity contribution in [2.45, 2.75) is 18.7 Å². The van der Waals surface area contributed by atoms with Gasteiger partial charge in [-0.25, -0.2) is 4.90 Å². The fraction of sp³-hybridized carbons (Fsp3) is 0.0938. The SMILES string of the molecule is Cc1ccc(NC2=C(Sc3ccc(NC(=O)c4ccc5c(c4)OCO5)cc3)C(=O)N(c3ccccc3)C2=O)cc1C. The van der Waals surface area contributed by atoms with Crippen molar-refractivity contribution in [2.75, 3.05) is 22.3 Å². The number of nitrogens with one attached hydrogen (secondary N) is 2. The molecule has 2 heterocycles. The minimum Gasteiger partial charge on any atom is -0.454 e. The average molecular weight is 564 g/mol. The van der Waals surface area contributed by atoms with Crippen LogP contribution in [0.25, 0.3) is 0 Å². The highest BCUT2D eigenvalue weighted by molar-refractivity contribution is 8.04. The van der Waals surface area contributed by atoms with E-state index < -0.39 is 11.8 Å². The third-order valence-corrected chi connectivity index (χ3v) is 7.89. The first-order valence-electron chi connectivity index (χ1n) is 12.9. The molecular weight excluding hydrogens is 538 g/mol. The Morgan fingerprint density at radius 2 is 1.51 bits per heavy atom. The summed E-state index contributed by atoms with van der Waals surface area (Å²) in [6, 6.07) is 26.8. The van der Waals surface area contributed by atoms with Gasteiger partial charge in [-0.15, -0.1) is 0 Å². The van der Waals surface area contributed by atoms with Gasteiger partial charge in [0.05, 0.1) is 5.69 Å². The average Bonchev–Trinajstić information content (AvgIpc) is 3.54. The van der Waals surface area contributed by atoms with Crippen molar-refractivity contribution in [2.24, 2.45) is 0 Å². The first-order valence-corrected chi connectivity index (χ1v) is 13.7. The van der Waals surface area contributed by atoms with Crippen molar-refractivity contribution in [1.82, 2.24) is 0 Å². The molecule has 3 amide bonds. The zero-order valence-electron chi connectivity index (χ0n) is 22.3. The summed E-state index contributed by atoms with van der Waals surface area (Å²) in [7, 11) is 0. The third kappa shape index (κ3) is 5.27. The minimum atomic E-state index is -0.422. The maximum absolute atomic E-state index is 13.6. The summed E-state index contributed by atoms with van der Waals surface area (Å²) < 4.78 is 10.7. The van der Waals surface area contributed by atoms with Gasteiger partial charge in [0.15, 0.2) is 11.5 Å². The van der Waals surface area contributed by atoms with Crippen molar-refractivity contribution in [3.8, 4) is 11.5 Å². The summed E-state index contributed by atoms with van der Waals surface area (Å²) >= 11 is 1.20. The molecule has 2 N–H and O–H groups in total. The minimum absolute atomic E-state index is 0.134. The molecule has 8 nitrogen and oxygen atoms in total. The number of para-hydroxylation sites is 1. The number of carbonyl (C=O) groups is 3. The molecule has 0 aromatic heterocycles. The number of anilines is 3. The van der Waals surface area contributed by atoms with Crippen LogP contribution in [0, 0.1) is 13.8 Å². The molecule has 9 heteroatoms. The number of benzene rings is 4. The fourth-order valence-electron chi connectivity index (χ4n) is 4.45. The van der Waals surface area contributed by atoms with Crippen LogP contribution in [-0.2, 0) is 9.59 Å². The number of ether oxygens (including phenoxy) is 2. The van der Waals surface area contributed by atoms with Crippen LogP contribution in [-0.4, -0.2) is 24.5 Å². The smallest absolute Gasteiger partial charge is 0.283 e. The topological polar surface area (TPSA) is 97.0 Å². The second-order valence-electron chi connectivity index (χ2n) is 9.56. The number of hydrogen-bond donors (Lipinski definition) is 2. The van der Waals surface area contributed by atoms with Gasteiger partial charge in [0, 0.05) is 21.8 Å². The molecule has 0 bridgehead atoms. The standard InChI is InChI=1S/C32H25N3O5S/c1-19-8-10-23(16-20(19)2)33-28-29(32(38)35(31(28)37)24-6-4-3-5-7-24)41-25-13-11-22(12-14-25)34-30(36)21-9-15-26-27(17-21)40-18-39-26/h3-17,33H,18H2,1-2H3,(H,34,36). The second-order valence-corrected chi connectivity index (χ2v) is 10.6. The first kappa shape index (κ1) is 26.2. The molecule has 0 saturated carbocycles. The summed E-state index contributed by atoms with van der Waals surface area (Å²) in [6.07, 6.45) is 0. The molecule has 4 aromatic carbocycles. The number of nitrogens with zero attached hydrogens (tertiary/aromatic N) is 1. The van der Waals surface area contributed by atoms with Crippen LogP contribution in [0.2, 0.25) is 0 Å². The zero-order valence-corrected chi connectivity index (χ0v) is 23.1. The van der Waals surface area contributed by atoms with Crippen molar-refractivity contribution in [1.29, 1.82) is 0 Å². The number of amides is 3. The molecule has 41 heavy (non-hydrogen) atoms. The quantitative estimate of drug-likeness (QED) is 0.256. The predicted molar refractivity (Wildman–Crippen MR) is 158 cm³/mol. The van der Waals surface area contributed by atoms with Gasteiger partial charge in [-0.3, -0.25) is 14.4 Å². The highest BCUT2D eigenvalue weighted by Gasteiger charge is 2.40. The molecular formula is C32H25N3O5S. The molecule has 0 spiro atoms. The molecule has 0 aliphatic carbocycles. The Kier molecular flexibility index (Phi) is 6.94. The number of imide groups is 1. The first-order chi connectivity index (χ1) is 19.9. The number of carbonyl (C=O) groups excluding carboxylic acids is 3. The van der Waals surface area contributed by atoms with Crippen molar-refractivity contribution < 1.29 is 23.9 Å². The van der Waals surface area contributed by atoms with Gasteiger partial charge in [-0.1, -0.05) is 36.0 Å². The van der Waals surface area contributed by atoms with E-state index in [-0.39, 0.29) is 23.3 Å². The van der Waals surface area contributed by atoms with Crippen LogP contribution >= 0.6 is 11.8 Å². The molecule has 0 fully saturated rings. The Hall–Kier alpha value is -5.02. The third-order valence-electron chi connectivity index (χ3n) is 6.80. The number of fused-ring (bicyclic) bond motifs is 1. The molecule has 0 radical (unpaired) electrons. The predicted octanol–water partition coefficient (Wildman–Crippen LogP) is 6.27. The Morgan fingerprint density at radius 1 is 0.780 bits per heavy atom. The molecule has 2 aliphatic rings. The van der Waals surface area contributed by atoms with Gasteiger partial charge in [0.1, 0.15) is 10.6 Å². The fourth-order valence-corrected chi connectivity index (χ4v) is 5.38. The van der Waals surface area contributed by atoms with Gasteiger partial charge in [0.2, 0.25) is 6.79 Å². The lowest BCUT2D eigenvalue weighted by Gasteiger charge is -2.15. The van der Waals surface area contributed by atoms with Gasteiger partial charge in [0.25, 0.3) is 17.7 Å². The molecule has 0 unspecified atom stereocenters. The van der Waals surface area contributed by atoms with Crippen molar-refractivity contribution in [3.05, 3.63) is 118 Å². The largest absolute Gasteiger partial charge is 0.454 e. The maximum atomic E-state index is 13.6. The highest BCUT2D eigenvalue weighted by Crippen LogP contribution is 2.38. The van der Waals surface area contributed by atoms with E-state index in [1.54, 1.807) is 66.7 Å². The lowest BCUT2D eigenvalue weighted by Crippen LogP contribution is -2.32. The number of thioether (sulfide) groups is 1. The van der Waals surface area contributed by atoms with Crippen LogP contribution in [0.4, 0.5) is 17.1 Å². The summed E-state index contributed by atoms with van der Waals surface area (Å²) in [5.74, 6) is 0.0196. The van der Waals surface area contributed by atoms with Crippen LogP contribution in [0.3, 0.4) is 0 Å². The van der Waals surface area contributed by atoms with E-state index in [1.165, 1.54) is 16.7 Å². The molecule has 0 atom stereocenters. The monoisotopic (exact) mass is 563 g/mol. The van der Waals surface area contributed by atoms with Crippen LogP contribution < -0.4 is 25.0 Å². The Bertz CT molecular complexity index is 1720. The lowest BCUT2D eigenvalue weighted by atomic mass is 10.1. The van der Waals surface area contributed by atoms with Gasteiger partial charge < -0.3 is 20.1 Å². The lowest BCUT2D eigenvalue weighted by molar-refractivity contribution is -0.120. The van der Waals surface area contributed by atoms with E-state index in [9.17, 15) is 14.4 Å². The van der Waals surface area contributed by atoms with E-state index in [0.717, 1.165) is 21.7 Å². The summed E-state index contributed by atoms with van der Waals surface area (Å²) in [6.45, 7) is 4.15. The summed E-state index contributed by atoms with van der Waals surface area (Å²) in [4.78, 5) is 42.1. The molecule has 0 saturated heterocycles. The molecule has 204 valence electrons. The van der Waals surface area contributed by atoms with Gasteiger partial charge in [-0.2, -0.15) is 0 Å². The van der Waals surface area contributed by atoms with E-state index in [4.69, 9.17) is 9.47 Å². The number of aryl methyl sites for hydroxylation is 2. The summed E-state index contributed by atoms with van der Waals surface area (Å²) in [5.41, 5.74) is 4.66. The van der Waals surface area contributed by atoms with E-state index in [2.05, 4.69) is 10.6 Å². The Labute approximate surface area is 241 Å².